The zero-order valence-electron chi connectivity index (χ0n) is 10.9. The third-order valence-corrected chi connectivity index (χ3v) is 6.08. The molecule has 0 aromatic heterocycles. The number of hydrogen-bond acceptors (Lipinski definition) is 3. The van der Waals surface area contributed by atoms with Crippen molar-refractivity contribution in [3.05, 3.63) is 27.7 Å². The van der Waals surface area contributed by atoms with E-state index in [9.17, 15) is 13.2 Å². The molecule has 0 amide bonds. The molecule has 0 bridgehead atoms. The number of carbonyl (C=O) groups is 1. The Hall–Kier alpha value is -0.830. The van der Waals surface area contributed by atoms with Crippen molar-refractivity contribution in [1.29, 1.82) is 0 Å². The number of piperidine rings is 1. The van der Waals surface area contributed by atoms with E-state index in [1.807, 2.05) is 0 Å². The number of halogens is 2. The summed E-state index contributed by atoms with van der Waals surface area (Å²) >= 11 is 9.15. The molecule has 2 N–H and O–H groups in total. The zero-order valence-corrected chi connectivity index (χ0v) is 14.1. The van der Waals surface area contributed by atoms with Crippen molar-refractivity contribution in [2.24, 2.45) is 5.92 Å². The lowest BCUT2D eigenvalue weighted by molar-refractivity contribution is -0.142. The first-order valence-corrected chi connectivity index (χ1v) is 8.86. The summed E-state index contributed by atoms with van der Waals surface area (Å²) in [6, 6.07) is 4.75. The maximum absolute atomic E-state index is 12.2. The molecular weight excluding hydrogens is 384 g/mol. The summed E-state index contributed by atoms with van der Waals surface area (Å²) in [5.74, 6) is -1.35. The Kier molecular flexibility index (Phi) is 5.13. The second-order valence-corrected chi connectivity index (χ2v) is 7.68. The molecule has 6 nitrogen and oxygen atoms in total. The fraction of sp³-hybridized carbons (Fsp3) is 0.417. The van der Waals surface area contributed by atoms with Crippen LogP contribution in [0.4, 0.5) is 5.69 Å². The second-order valence-electron chi connectivity index (χ2n) is 4.75. The summed E-state index contributed by atoms with van der Waals surface area (Å²) < 4.78 is 28.9. The molecule has 0 spiro atoms. The highest BCUT2D eigenvalue weighted by Gasteiger charge is 2.30. The van der Waals surface area contributed by atoms with Crippen LogP contribution in [0.15, 0.2) is 22.7 Å². The number of nitrogens with one attached hydrogen (secondary N) is 1. The van der Waals surface area contributed by atoms with Crippen LogP contribution < -0.4 is 4.72 Å². The van der Waals surface area contributed by atoms with Crippen molar-refractivity contribution in [2.45, 2.75) is 12.8 Å². The van der Waals surface area contributed by atoms with Crippen LogP contribution in [0.1, 0.15) is 12.8 Å². The molecule has 1 aromatic rings. The smallest absolute Gasteiger partial charge is 0.306 e. The predicted molar refractivity (Wildman–Crippen MR) is 83.6 cm³/mol. The first kappa shape index (κ1) is 16.5. The van der Waals surface area contributed by atoms with Gasteiger partial charge in [0.05, 0.1) is 16.6 Å². The van der Waals surface area contributed by atoms with Gasteiger partial charge in [0, 0.05) is 17.6 Å². The minimum Gasteiger partial charge on any atom is -0.481 e. The van der Waals surface area contributed by atoms with Gasteiger partial charge < -0.3 is 5.11 Å². The van der Waals surface area contributed by atoms with Gasteiger partial charge in [-0.25, -0.2) is 0 Å². The molecule has 0 unspecified atom stereocenters. The van der Waals surface area contributed by atoms with E-state index >= 15 is 0 Å². The number of nitrogens with zero attached hydrogens (tertiary/aromatic N) is 1. The summed E-state index contributed by atoms with van der Waals surface area (Å²) in [5.41, 5.74) is 0.364. The van der Waals surface area contributed by atoms with E-state index < -0.39 is 22.1 Å². The Balaban J connectivity index is 2.05. The maximum Gasteiger partial charge on any atom is 0.306 e. The number of carboxylic acid groups (broad SMARTS) is 1. The van der Waals surface area contributed by atoms with Gasteiger partial charge in [0.25, 0.3) is 0 Å². The monoisotopic (exact) mass is 396 g/mol. The van der Waals surface area contributed by atoms with Crippen LogP contribution in [0.5, 0.6) is 0 Å². The number of hydrogen-bond donors (Lipinski definition) is 2. The molecule has 1 aliphatic heterocycles. The van der Waals surface area contributed by atoms with Gasteiger partial charge in [0.15, 0.2) is 0 Å². The van der Waals surface area contributed by atoms with Crippen LogP contribution >= 0.6 is 27.5 Å². The SMILES string of the molecule is O=C(O)C1CCN(S(=O)(=O)Nc2ccc(Br)c(Cl)c2)CC1. The molecule has 1 aromatic carbocycles. The molecule has 21 heavy (non-hydrogen) atoms. The number of aliphatic carboxylic acids is 1. The molecule has 0 saturated carbocycles. The molecule has 1 aliphatic rings. The topological polar surface area (TPSA) is 86.7 Å². The molecule has 1 fully saturated rings. The third-order valence-electron chi connectivity index (χ3n) is 3.31. The predicted octanol–water partition coefficient (Wildman–Crippen LogP) is 2.56. The maximum atomic E-state index is 12.2. The van der Waals surface area contributed by atoms with Crippen LogP contribution in [0, 0.1) is 5.92 Å². The van der Waals surface area contributed by atoms with Crippen molar-refractivity contribution >= 4 is 49.4 Å². The summed E-state index contributed by atoms with van der Waals surface area (Å²) in [5, 5.41) is 9.32. The van der Waals surface area contributed by atoms with Crippen molar-refractivity contribution in [3.63, 3.8) is 0 Å². The molecular formula is C12H14BrClN2O4S. The molecule has 2 rings (SSSR count). The van der Waals surface area contributed by atoms with Gasteiger partial charge in [-0.05, 0) is 47.0 Å². The van der Waals surface area contributed by atoms with Crippen LogP contribution in [0.3, 0.4) is 0 Å². The number of carboxylic acids is 1. The van der Waals surface area contributed by atoms with Gasteiger partial charge in [0.1, 0.15) is 0 Å². The lowest BCUT2D eigenvalue weighted by Crippen LogP contribution is -2.42. The summed E-state index contributed by atoms with van der Waals surface area (Å²) in [7, 11) is -3.70. The molecule has 0 aliphatic carbocycles. The number of anilines is 1. The van der Waals surface area contributed by atoms with E-state index in [0.29, 0.717) is 28.0 Å². The van der Waals surface area contributed by atoms with Gasteiger partial charge in [-0.2, -0.15) is 12.7 Å². The standard InChI is InChI=1S/C12H14BrClN2O4S/c13-10-2-1-9(7-11(10)14)15-21(19,20)16-5-3-8(4-6-16)12(17)18/h1-2,7-8,15H,3-6H2,(H,17,18). The fourth-order valence-electron chi connectivity index (χ4n) is 2.12. The van der Waals surface area contributed by atoms with Gasteiger partial charge in [-0.1, -0.05) is 11.6 Å². The van der Waals surface area contributed by atoms with Crippen LogP contribution in [-0.2, 0) is 15.0 Å². The lowest BCUT2D eigenvalue weighted by atomic mass is 9.99. The van der Waals surface area contributed by atoms with E-state index in [0.717, 1.165) is 0 Å². The van der Waals surface area contributed by atoms with Crippen LogP contribution in [0.25, 0.3) is 0 Å². The Morgan fingerprint density at radius 2 is 2.00 bits per heavy atom. The van der Waals surface area contributed by atoms with E-state index in [2.05, 4.69) is 20.7 Å². The van der Waals surface area contributed by atoms with E-state index in [1.165, 1.54) is 10.4 Å². The quantitative estimate of drug-likeness (QED) is 0.817. The highest BCUT2D eigenvalue weighted by atomic mass is 79.9. The molecule has 9 heteroatoms. The third kappa shape index (κ3) is 4.09. The van der Waals surface area contributed by atoms with Crippen molar-refractivity contribution in [3.8, 4) is 0 Å². The van der Waals surface area contributed by atoms with E-state index in [4.69, 9.17) is 16.7 Å². The summed E-state index contributed by atoms with van der Waals surface area (Å²) in [4.78, 5) is 10.9. The van der Waals surface area contributed by atoms with Crippen LogP contribution in [0.2, 0.25) is 5.02 Å². The fourth-order valence-corrected chi connectivity index (χ4v) is 3.79. The minimum absolute atomic E-state index is 0.191. The normalized spacial score (nSPS) is 17.6. The van der Waals surface area contributed by atoms with Crippen molar-refractivity contribution in [2.75, 3.05) is 17.8 Å². The first-order valence-electron chi connectivity index (χ1n) is 6.25. The lowest BCUT2D eigenvalue weighted by Gasteiger charge is -2.29. The molecule has 0 atom stereocenters. The van der Waals surface area contributed by atoms with Crippen molar-refractivity contribution < 1.29 is 18.3 Å². The molecule has 1 saturated heterocycles. The second kappa shape index (κ2) is 6.51. The van der Waals surface area contributed by atoms with E-state index in [-0.39, 0.29) is 13.1 Å². The van der Waals surface area contributed by atoms with Gasteiger partial charge in [0.2, 0.25) is 0 Å². The zero-order chi connectivity index (χ0) is 15.6. The van der Waals surface area contributed by atoms with Gasteiger partial charge in [-0.3, -0.25) is 9.52 Å². The number of benzene rings is 1. The van der Waals surface area contributed by atoms with Crippen molar-refractivity contribution in [1.82, 2.24) is 4.31 Å². The largest absolute Gasteiger partial charge is 0.481 e. The molecule has 1 heterocycles. The Morgan fingerprint density at radius 3 is 2.52 bits per heavy atom. The van der Waals surface area contributed by atoms with Crippen LogP contribution in [-0.4, -0.2) is 36.9 Å². The highest BCUT2D eigenvalue weighted by Crippen LogP contribution is 2.27. The Labute approximate surface area is 136 Å². The van der Waals surface area contributed by atoms with E-state index in [1.54, 1.807) is 12.1 Å². The average molecular weight is 398 g/mol. The minimum atomic E-state index is -3.70. The molecule has 0 radical (unpaired) electrons. The summed E-state index contributed by atoms with van der Waals surface area (Å²) in [6.45, 7) is 0.382. The Morgan fingerprint density at radius 1 is 1.38 bits per heavy atom. The van der Waals surface area contributed by atoms with Gasteiger partial charge >= 0.3 is 16.2 Å². The van der Waals surface area contributed by atoms with Gasteiger partial charge in [-0.15, -0.1) is 0 Å². The summed E-state index contributed by atoms with van der Waals surface area (Å²) in [6.07, 6.45) is 0.634. The highest BCUT2D eigenvalue weighted by molar-refractivity contribution is 9.10. The average Bonchev–Trinajstić information content (AvgIpc) is 2.43. The Bertz CT molecular complexity index is 645. The molecule has 116 valence electrons. The first-order chi connectivity index (χ1) is 9.79. The number of rotatable bonds is 4.